The third kappa shape index (κ3) is 6.55. The van der Waals surface area contributed by atoms with Gasteiger partial charge in [-0.1, -0.05) is 142 Å². The van der Waals surface area contributed by atoms with Crippen molar-refractivity contribution in [3.05, 3.63) is 170 Å². The molecule has 0 saturated carbocycles. The van der Waals surface area contributed by atoms with Gasteiger partial charge in [0.15, 0.2) is 0 Å². The molecule has 7 rings (SSSR count). The molecule has 0 amide bonds. The third-order valence-corrected chi connectivity index (χ3v) is 9.10. The molecule has 0 fully saturated rings. The topological polar surface area (TPSA) is 25.8 Å². The Labute approximate surface area is 278 Å². The lowest BCUT2D eigenvalue weighted by Gasteiger charge is -2.23. The minimum atomic E-state index is -0.205. The first-order valence-electron chi connectivity index (χ1n) is 16.4. The van der Waals surface area contributed by atoms with E-state index in [9.17, 15) is 0 Å². The standard InChI is InChI=1S/C45H38N2/c1-4-45(2,3)44-46-42(40-27-36(32-17-9-5-10-18-32)25-37(28-40)33-19-11-6-12-20-33)31-43(47-44)41-29-38(34-21-13-7-14-22-34)26-39(30-41)35-23-15-8-16-24-35/h5-31H,4H2,1-3H3. The Kier molecular flexibility index (Phi) is 8.33. The van der Waals surface area contributed by atoms with Gasteiger partial charge in [0.2, 0.25) is 0 Å². The molecule has 1 aromatic heterocycles. The SMILES string of the molecule is CCC(C)(C)c1nc(-c2cc(-c3ccccc3)cc(-c3ccccc3)c2)cc(-c2cc(-c3ccccc3)cc(-c3ccccc3)c2)n1. The Morgan fingerprint density at radius 3 is 0.915 bits per heavy atom. The predicted molar refractivity (Wildman–Crippen MR) is 198 cm³/mol. The molecule has 7 aromatic rings. The Morgan fingerprint density at radius 2 is 0.638 bits per heavy atom. The van der Waals surface area contributed by atoms with Crippen molar-refractivity contribution in [2.45, 2.75) is 32.6 Å². The first-order valence-corrected chi connectivity index (χ1v) is 16.4. The molecular formula is C45H38N2. The number of hydrogen-bond donors (Lipinski definition) is 0. The van der Waals surface area contributed by atoms with E-state index < -0.39 is 0 Å². The molecule has 1 heterocycles. The maximum atomic E-state index is 5.29. The smallest absolute Gasteiger partial charge is 0.135 e. The molecule has 0 spiro atoms. The van der Waals surface area contributed by atoms with Crippen LogP contribution in [0.5, 0.6) is 0 Å². The van der Waals surface area contributed by atoms with Crippen LogP contribution in [0.1, 0.15) is 33.0 Å². The molecule has 0 N–H and O–H groups in total. The van der Waals surface area contributed by atoms with Gasteiger partial charge >= 0.3 is 0 Å². The number of rotatable bonds is 8. The van der Waals surface area contributed by atoms with Gasteiger partial charge in [-0.05, 0) is 93.4 Å². The second-order valence-electron chi connectivity index (χ2n) is 12.8. The van der Waals surface area contributed by atoms with Gasteiger partial charge in [0.25, 0.3) is 0 Å². The van der Waals surface area contributed by atoms with Crippen molar-refractivity contribution in [3.63, 3.8) is 0 Å². The molecule has 0 bridgehead atoms. The van der Waals surface area contributed by atoms with E-state index in [0.717, 1.165) is 57.0 Å². The molecule has 0 unspecified atom stereocenters. The molecule has 0 atom stereocenters. The van der Waals surface area contributed by atoms with Gasteiger partial charge in [-0.15, -0.1) is 0 Å². The van der Waals surface area contributed by atoms with Crippen molar-refractivity contribution in [2.24, 2.45) is 0 Å². The molecule has 47 heavy (non-hydrogen) atoms. The number of aromatic nitrogens is 2. The zero-order valence-corrected chi connectivity index (χ0v) is 27.2. The normalized spacial score (nSPS) is 11.4. The highest BCUT2D eigenvalue weighted by atomic mass is 14.9. The van der Waals surface area contributed by atoms with E-state index in [-0.39, 0.29) is 5.41 Å². The summed E-state index contributed by atoms with van der Waals surface area (Å²) in [6.07, 6.45) is 0.925. The van der Waals surface area contributed by atoms with Crippen molar-refractivity contribution < 1.29 is 0 Å². The Bertz CT molecular complexity index is 1860. The average molecular weight is 607 g/mol. The van der Waals surface area contributed by atoms with E-state index in [2.05, 4.69) is 185 Å². The first-order chi connectivity index (χ1) is 23.0. The lowest BCUT2D eigenvalue weighted by molar-refractivity contribution is 0.474. The van der Waals surface area contributed by atoms with Crippen molar-refractivity contribution in [3.8, 4) is 67.0 Å². The van der Waals surface area contributed by atoms with Crippen LogP contribution in [0.4, 0.5) is 0 Å². The zero-order valence-electron chi connectivity index (χ0n) is 27.2. The van der Waals surface area contributed by atoms with Gasteiger partial charge in [0.05, 0.1) is 11.4 Å². The number of benzene rings is 6. The van der Waals surface area contributed by atoms with Crippen LogP contribution in [0.15, 0.2) is 164 Å². The zero-order chi connectivity index (χ0) is 32.2. The van der Waals surface area contributed by atoms with Gasteiger partial charge in [-0.25, -0.2) is 9.97 Å². The van der Waals surface area contributed by atoms with Gasteiger partial charge in [0.1, 0.15) is 5.82 Å². The molecule has 2 heteroatoms. The highest BCUT2D eigenvalue weighted by Gasteiger charge is 2.24. The van der Waals surface area contributed by atoms with Crippen LogP contribution in [0, 0.1) is 0 Å². The highest BCUT2D eigenvalue weighted by molar-refractivity contribution is 5.83. The fourth-order valence-corrected chi connectivity index (χ4v) is 5.94. The monoisotopic (exact) mass is 606 g/mol. The van der Waals surface area contributed by atoms with Crippen LogP contribution >= 0.6 is 0 Å². The van der Waals surface area contributed by atoms with Gasteiger partial charge in [-0.2, -0.15) is 0 Å². The van der Waals surface area contributed by atoms with E-state index in [1.807, 2.05) is 0 Å². The third-order valence-electron chi connectivity index (χ3n) is 9.10. The van der Waals surface area contributed by atoms with Crippen molar-refractivity contribution in [2.75, 3.05) is 0 Å². The fourth-order valence-electron chi connectivity index (χ4n) is 5.94. The molecule has 0 saturated heterocycles. The highest BCUT2D eigenvalue weighted by Crippen LogP contribution is 2.37. The molecule has 0 aliphatic rings. The summed E-state index contributed by atoms with van der Waals surface area (Å²) in [7, 11) is 0. The first kappa shape index (κ1) is 30.1. The Balaban J connectivity index is 1.46. The second kappa shape index (κ2) is 13.0. The van der Waals surface area contributed by atoms with Crippen LogP contribution < -0.4 is 0 Å². The summed E-state index contributed by atoms with van der Waals surface area (Å²) in [5, 5.41) is 0. The van der Waals surface area contributed by atoms with Crippen molar-refractivity contribution >= 4 is 0 Å². The summed E-state index contributed by atoms with van der Waals surface area (Å²) in [6, 6.07) is 58.2. The molecule has 228 valence electrons. The summed E-state index contributed by atoms with van der Waals surface area (Å²) in [5.74, 6) is 0.852. The largest absolute Gasteiger partial charge is 0.232 e. The van der Waals surface area contributed by atoms with Gasteiger partial charge < -0.3 is 0 Å². The quantitative estimate of drug-likeness (QED) is 0.172. The second-order valence-corrected chi connectivity index (χ2v) is 12.8. The molecule has 0 aliphatic heterocycles. The lowest BCUT2D eigenvalue weighted by Crippen LogP contribution is -2.20. The van der Waals surface area contributed by atoms with E-state index in [4.69, 9.17) is 9.97 Å². The van der Waals surface area contributed by atoms with E-state index in [0.29, 0.717) is 0 Å². The molecule has 6 aromatic carbocycles. The summed E-state index contributed by atoms with van der Waals surface area (Å²) < 4.78 is 0. The lowest BCUT2D eigenvalue weighted by atomic mass is 9.88. The minimum Gasteiger partial charge on any atom is -0.232 e. The molecular weight excluding hydrogens is 569 g/mol. The van der Waals surface area contributed by atoms with E-state index in [1.54, 1.807) is 0 Å². The van der Waals surface area contributed by atoms with Crippen molar-refractivity contribution in [1.29, 1.82) is 0 Å². The molecule has 0 radical (unpaired) electrons. The maximum absolute atomic E-state index is 5.29. The summed E-state index contributed by atoms with van der Waals surface area (Å²) >= 11 is 0. The molecule has 0 aliphatic carbocycles. The Morgan fingerprint density at radius 1 is 0.362 bits per heavy atom. The number of nitrogens with zero attached hydrogens (tertiary/aromatic N) is 2. The van der Waals surface area contributed by atoms with Gasteiger partial charge in [-0.3, -0.25) is 0 Å². The molecule has 2 nitrogen and oxygen atoms in total. The minimum absolute atomic E-state index is 0.205. The van der Waals surface area contributed by atoms with Crippen LogP contribution in [0.25, 0.3) is 67.0 Å². The van der Waals surface area contributed by atoms with E-state index >= 15 is 0 Å². The van der Waals surface area contributed by atoms with Crippen LogP contribution in [0.2, 0.25) is 0 Å². The van der Waals surface area contributed by atoms with Crippen LogP contribution in [-0.4, -0.2) is 9.97 Å². The van der Waals surface area contributed by atoms with Crippen LogP contribution in [0.3, 0.4) is 0 Å². The summed E-state index contributed by atoms with van der Waals surface area (Å²) in [6.45, 7) is 6.69. The summed E-state index contributed by atoms with van der Waals surface area (Å²) in [4.78, 5) is 10.6. The fraction of sp³-hybridized carbons (Fsp3) is 0.111. The maximum Gasteiger partial charge on any atom is 0.135 e. The van der Waals surface area contributed by atoms with E-state index in [1.165, 1.54) is 22.3 Å². The predicted octanol–water partition coefficient (Wildman–Crippen LogP) is 12.2. The number of hydrogen-bond acceptors (Lipinski definition) is 2. The summed E-state index contributed by atoms with van der Waals surface area (Å²) in [5.41, 5.74) is 13.2. The average Bonchev–Trinajstić information content (AvgIpc) is 3.15. The Hall–Kier alpha value is -5.60. The van der Waals surface area contributed by atoms with Crippen LogP contribution in [-0.2, 0) is 5.41 Å². The van der Waals surface area contributed by atoms with Crippen molar-refractivity contribution in [1.82, 2.24) is 9.97 Å². The van der Waals surface area contributed by atoms with Gasteiger partial charge in [0, 0.05) is 16.5 Å².